The second-order valence-electron chi connectivity index (χ2n) is 8.20. The molecule has 9 heteroatoms. The quantitative estimate of drug-likeness (QED) is 0.408. The summed E-state index contributed by atoms with van der Waals surface area (Å²) >= 11 is 0. The largest absolute Gasteiger partial charge is 0.490 e. The van der Waals surface area contributed by atoms with Crippen LogP contribution in [0.5, 0.6) is 11.6 Å². The Kier molecular flexibility index (Phi) is 7.75. The SMILES string of the molecule is C=O.COc1ccc2nnc(Cc3cccc(-c4ncc(OCC5CCCCC5)cn4)c3)n2n1. The lowest BCUT2D eigenvalue weighted by atomic mass is 9.90. The van der Waals surface area contributed by atoms with Gasteiger partial charge in [-0.3, -0.25) is 0 Å². The highest BCUT2D eigenvalue weighted by Crippen LogP contribution is 2.25. The molecule has 5 rings (SSSR count). The molecule has 3 aromatic heterocycles. The predicted molar refractivity (Wildman–Crippen MR) is 127 cm³/mol. The van der Waals surface area contributed by atoms with E-state index in [0.29, 0.717) is 29.7 Å². The average molecular weight is 461 g/mol. The number of fused-ring (bicyclic) bond motifs is 1. The first kappa shape index (κ1) is 23.3. The van der Waals surface area contributed by atoms with E-state index in [4.69, 9.17) is 14.3 Å². The van der Waals surface area contributed by atoms with E-state index >= 15 is 0 Å². The van der Waals surface area contributed by atoms with Crippen molar-refractivity contribution in [3.63, 3.8) is 0 Å². The van der Waals surface area contributed by atoms with Crippen LogP contribution in [0.25, 0.3) is 17.0 Å². The summed E-state index contributed by atoms with van der Waals surface area (Å²) in [6.45, 7) is 2.75. The summed E-state index contributed by atoms with van der Waals surface area (Å²) in [5, 5.41) is 12.9. The Balaban J connectivity index is 0.00000133. The van der Waals surface area contributed by atoms with E-state index in [0.717, 1.165) is 29.3 Å². The highest BCUT2D eigenvalue weighted by Gasteiger charge is 2.14. The highest BCUT2D eigenvalue weighted by molar-refractivity contribution is 5.56. The van der Waals surface area contributed by atoms with Gasteiger partial charge < -0.3 is 14.3 Å². The number of hydrogen-bond acceptors (Lipinski definition) is 8. The smallest absolute Gasteiger partial charge is 0.231 e. The maximum atomic E-state index is 8.00. The van der Waals surface area contributed by atoms with Gasteiger partial charge in [-0.05, 0) is 36.5 Å². The van der Waals surface area contributed by atoms with E-state index in [1.165, 1.54) is 32.1 Å². The van der Waals surface area contributed by atoms with Crippen LogP contribution in [0.4, 0.5) is 0 Å². The van der Waals surface area contributed by atoms with Gasteiger partial charge in [0.2, 0.25) is 5.88 Å². The van der Waals surface area contributed by atoms with Gasteiger partial charge in [-0.25, -0.2) is 9.97 Å². The van der Waals surface area contributed by atoms with Gasteiger partial charge in [0.15, 0.2) is 23.0 Å². The lowest BCUT2D eigenvalue weighted by Gasteiger charge is -2.21. The summed E-state index contributed by atoms with van der Waals surface area (Å²) < 4.78 is 12.9. The summed E-state index contributed by atoms with van der Waals surface area (Å²) in [6.07, 6.45) is 10.6. The van der Waals surface area contributed by atoms with Gasteiger partial charge in [-0.2, -0.15) is 4.52 Å². The molecule has 3 heterocycles. The normalized spacial score (nSPS) is 13.8. The molecule has 0 unspecified atom stereocenters. The lowest BCUT2D eigenvalue weighted by molar-refractivity contribution is -0.0979. The zero-order chi connectivity index (χ0) is 23.8. The number of ether oxygens (including phenoxy) is 2. The standard InChI is InChI=1S/C24H26N6O2.CH2O/c1-31-23-11-10-21-27-28-22(30(21)29-23)13-18-8-5-9-19(12-18)24-25-14-20(15-26-24)32-16-17-6-3-2-4-7-17;1-2/h5,8-12,14-15,17H,2-4,6-7,13,16H2,1H3;1H2. The summed E-state index contributed by atoms with van der Waals surface area (Å²) in [6, 6.07) is 11.7. The van der Waals surface area contributed by atoms with Crippen molar-refractivity contribution in [2.75, 3.05) is 13.7 Å². The first-order chi connectivity index (χ1) is 16.8. The summed E-state index contributed by atoms with van der Waals surface area (Å²) in [5.74, 6) is 3.31. The number of hydrogen-bond donors (Lipinski definition) is 0. The summed E-state index contributed by atoms with van der Waals surface area (Å²) in [4.78, 5) is 17.1. The topological polar surface area (TPSA) is 104 Å². The molecule has 1 aromatic carbocycles. The van der Waals surface area contributed by atoms with E-state index < -0.39 is 0 Å². The molecule has 0 amide bonds. The van der Waals surface area contributed by atoms with Gasteiger partial charge in [0.1, 0.15) is 6.79 Å². The number of carbonyl (C=O) groups excluding carboxylic acids is 1. The second-order valence-corrected chi connectivity index (χ2v) is 8.20. The summed E-state index contributed by atoms with van der Waals surface area (Å²) in [5.41, 5.74) is 2.70. The van der Waals surface area contributed by atoms with E-state index in [1.54, 1.807) is 30.1 Å². The molecule has 176 valence electrons. The fourth-order valence-electron chi connectivity index (χ4n) is 4.15. The van der Waals surface area contributed by atoms with Crippen molar-refractivity contribution >= 4 is 12.4 Å². The van der Waals surface area contributed by atoms with Crippen LogP contribution in [-0.4, -0.2) is 50.3 Å². The van der Waals surface area contributed by atoms with Crippen LogP contribution in [0.1, 0.15) is 43.5 Å². The fraction of sp³-hybridized carbons (Fsp3) is 0.360. The number of aromatic nitrogens is 6. The minimum absolute atomic E-state index is 0.520. The monoisotopic (exact) mass is 460 g/mol. The van der Waals surface area contributed by atoms with Crippen molar-refractivity contribution in [1.29, 1.82) is 0 Å². The molecule has 1 fully saturated rings. The molecule has 0 spiro atoms. The van der Waals surface area contributed by atoms with E-state index in [2.05, 4.69) is 31.3 Å². The van der Waals surface area contributed by atoms with Crippen LogP contribution in [-0.2, 0) is 11.2 Å². The van der Waals surface area contributed by atoms with Crippen LogP contribution in [0.15, 0.2) is 48.8 Å². The van der Waals surface area contributed by atoms with Crippen molar-refractivity contribution in [3.8, 4) is 23.0 Å². The van der Waals surface area contributed by atoms with Crippen LogP contribution in [0.2, 0.25) is 0 Å². The van der Waals surface area contributed by atoms with E-state index in [1.807, 2.05) is 31.1 Å². The third-order valence-corrected chi connectivity index (χ3v) is 5.90. The lowest BCUT2D eigenvalue weighted by Crippen LogP contribution is -2.15. The molecule has 1 saturated carbocycles. The van der Waals surface area contributed by atoms with Crippen LogP contribution >= 0.6 is 0 Å². The molecule has 0 N–H and O–H groups in total. The number of methoxy groups -OCH3 is 1. The van der Waals surface area contributed by atoms with Gasteiger partial charge >= 0.3 is 0 Å². The molecule has 1 aliphatic rings. The Morgan fingerprint density at radius 3 is 2.59 bits per heavy atom. The molecule has 34 heavy (non-hydrogen) atoms. The minimum Gasteiger partial charge on any atom is -0.490 e. The van der Waals surface area contributed by atoms with Crippen LogP contribution in [0.3, 0.4) is 0 Å². The zero-order valence-corrected chi connectivity index (χ0v) is 19.3. The zero-order valence-electron chi connectivity index (χ0n) is 19.3. The minimum atomic E-state index is 0.520. The molecule has 0 bridgehead atoms. The van der Waals surface area contributed by atoms with Crippen molar-refractivity contribution in [2.24, 2.45) is 5.92 Å². The molecule has 0 atom stereocenters. The third kappa shape index (κ3) is 5.54. The first-order valence-corrected chi connectivity index (χ1v) is 11.4. The maximum absolute atomic E-state index is 8.00. The number of carbonyl (C=O) groups is 1. The van der Waals surface area contributed by atoms with Crippen molar-refractivity contribution in [2.45, 2.75) is 38.5 Å². The molecule has 0 saturated heterocycles. The Morgan fingerprint density at radius 2 is 1.82 bits per heavy atom. The number of benzene rings is 1. The van der Waals surface area contributed by atoms with Gasteiger partial charge in [-0.15, -0.1) is 15.3 Å². The Morgan fingerprint density at radius 1 is 1.03 bits per heavy atom. The van der Waals surface area contributed by atoms with Crippen molar-refractivity contribution in [1.82, 2.24) is 29.8 Å². The Hall–Kier alpha value is -3.88. The molecule has 9 nitrogen and oxygen atoms in total. The number of rotatable bonds is 7. The molecule has 0 aliphatic heterocycles. The van der Waals surface area contributed by atoms with E-state index in [9.17, 15) is 0 Å². The summed E-state index contributed by atoms with van der Waals surface area (Å²) in [7, 11) is 1.59. The fourth-order valence-corrected chi connectivity index (χ4v) is 4.15. The highest BCUT2D eigenvalue weighted by atomic mass is 16.5. The van der Waals surface area contributed by atoms with Crippen LogP contribution < -0.4 is 9.47 Å². The van der Waals surface area contributed by atoms with Crippen LogP contribution in [0, 0.1) is 5.92 Å². The molecule has 4 aromatic rings. The molecule has 1 aliphatic carbocycles. The molecule has 0 radical (unpaired) electrons. The Labute approximate surface area is 198 Å². The first-order valence-electron chi connectivity index (χ1n) is 11.4. The van der Waals surface area contributed by atoms with Gasteiger partial charge in [-0.1, -0.05) is 37.5 Å². The van der Waals surface area contributed by atoms with Gasteiger partial charge in [0.05, 0.1) is 26.1 Å². The molecular weight excluding hydrogens is 432 g/mol. The average Bonchev–Trinajstić information content (AvgIpc) is 3.31. The van der Waals surface area contributed by atoms with Crippen molar-refractivity contribution in [3.05, 3.63) is 60.2 Å². The van der Waals surface area contributed by atoms with Gasteiger partial charge in [0, 0.05) is 18.1 Å². The molecular formula is C25H28N6O3. The third-order valence-electron chi connectivity index (χ3n) is 5.90. The maximum Gasteiger partial charge on any atom is 0.231 e. The van der Waals surface area contributed by atoms with E-state index in [-0.39, 0.29) is 0 Å². The van der Waals surface area contributed by atoms with Gasteiger partial charge in [0.25, 0.3) is 0 Å². The number of nitrogens with zero attached hydrogens (tertiary/aromatic N) is 6. The second kappa shape index (κ2) is 11.3. The predicted octanol–water partition coefficient (Wildman–Crippen LogP) is 3.95. The van der Waals surface area contributed by atoms with Crippen molar-refractivity contribution < 1.29 is 14.3 Å². The Bertz CT molecular complexity index is 1200.